The van der Waals surface area contributed by atoms with E-state index in [-0.39, 0.29) is 10.3 Å². The molecule has 0 aliphatic heterocycles. The molecule has 44 heavy (non-hydrogen) atoms. The zero-order valence-corrected chi connectivity index (χ0v) is 29.8. The van der Waals surface area contributed by atoms with E-state index in [9.17, 15) is 9.59 Å². The highest BCUT2D eigenvalue weighted by molar-refractivity contribution is 8.76. The molecule has 2 N–H and O–H groups in total. The Kier molecular flexibility index (Phi) is 18.1. The second-order valence-corrected chi connectivity index (χ2v) is 16.1. The summed E-state index contributed by atoms with van der Waals surface area (Å²) >= 11 is 0. The van der Waals surface area contributed by atoms with Gasteiger partial charge in [-0.25, -0.2) is 9.59 Å². The summed E-state index contributed by atoms with van der Waals surface area (Å²) in [5, 5.41) is 28.5. The molecule has 0 spiro atoms. The number of rotatable bonds is 23. The van der Waals surface area contributed by atoms with E-state index in [4.69, 9.17) is 26.6 Å². The van der Waals surface area contributed by atoms with Crippen LogP contribution in [-0.2, 0) is 26.6 Å². The van der Waals surface area contributed by atoms with Crippen LogP contribution in [0.3, 0.4) is 0 Å². The van der Waals surface area contributed by atoms with Gasteiger partial charge in [-0.1, -0.05) is 0 Å². The molecule has 0 fully saturated rings. The van der Waals surface area contributed by atoms with Crippen molar-refractivity contribution in [3.8, 4) is 0 Å². The lowest BCUT2D eigenvalue weighted by Crippen LogP contribution is -2.46. The van der Waals surface area contributed by atoms with Gasteiger partial charge in [0.05, 0.1) is 0 Å². The third kappa shape index (κ3) is 12.1. The molecule has 0 aliphatic rings. The van der Waals surface area contributed by atoms with Crippen molar-refractivity contribution in [1.82, 2.24) is 51.0 Å². The van der Waals surface area contributed by atoms with E-state index in [0.717, 1.165) is 31.0 Å². The first-order valence-corrected chi connectivity index (χ1v) is 20.7. The van der Waals surface area contributed by atoms with Crippen molar-refractivity contribution >= 4 is 51.3 Å². The summed E-state index contributed by atoms with van der Waals surface area (Å²) in [5.41, 5.74) is 0. The van der Waals surface area contributed by atoms with Crippen LogP contribution < -0.4 is 10.6 Å². The summed E-state index contributed by atoms with van der Waals surface area (Å²) in [5.74, 6) is 0. The van der Waals surface area contributed by atoms with Gasteiger partial charge in [-0.15, -0.1) is 19.6 Å². The number of tetrazole rings is 2. The van der Waals surface area contributed by atoms with E-state index in [1.54, 1.807) is 0 Å². The molecule has 2 rings (SSSR count). The Bertz CT molecular complexity index is 1000. The maximum absolute atomic E-state index is 12.8. The molecule has 250 valence electrons. The molecule has 0 aliphatic carbocycles. The van der Waals surface area contributed by atoms with E-state index in [1.807, 2.05) is 41.5 Å². The monoisotopic (exact) mass is 696 g/mol. The summed E-state index contributed by atoms with van der Waals surface area (Å²) in [7, 11) is -3.57. The summed E-state index contributed by atoms with van der Waals surface area (Å²) in [6, 6.07) is 0.0691. The maximum atomic E-state index is 12.8. The number of hydrogen-bond donors (Lipinski definition) is 2. The van der Waals surface area contributed by atoms with Gasteiger partial charge in [0.15, 0.2) is 0 Å². The zero-order chi connectivity index (χ0) is 32.3. The molecule has 0 atom stereocenters. The van der Waals surface area contributed by atoms with Gasteiger partial charge in [0.2, 0.25) is 10.3 Å². The van der Waals surface area contributed by atoms with E-state index in [2.05, 4.69) is 41.7 Å². The lowest BCUT2D eigenvalue weighted by molar-refractivity contribution is 0.0700. The number of carbonyl (C=O) groups is 2. The van der Waals surface area contributed by atoms with Crippen LogP contribution in [-0.4, -0.2) is 123 Å². The zero-order valence-electron chi connectivity index (χ0n) is 26.1. The molecule has 2 aromatic heterocycles. The molecule has 0 saturated heterocycles. The SMILES string of the molecule is CCO[Si](CCCNC(=O)n1nnnc1SSc1nnnn1C(=O)NCCC[Si](OCC)(OCC)OCC)(OCC)OCC. The van der Waals surface area contributed by atoms with Crippen LogP contribution in [0.5, 0.6) is 0 Å². The first-order valence-electron chi connectivity index (χ1n) is 14.6. The number of carbonyl (C=O) groups excluding carboxylic acids is 2. The second-order valence-electron chi connectivity index (χ2n) is 8.55. The van der Waals surface area contributed by atoms with Crippen LogP contribution in [0.2, 0.25) is 12.1 Å². The minimum Gasteiger partial charge on any atom is -0.374 e. The molecule has 2 amide bonds. The van der Waals surface area contributed by atoms with Gasteiger partial charge in [-0.2, -0.15) is 0 Å². The van der Waals surface area contributed by atoms with Gasteiger partial charge in [0.1, 0.15) is 0 Å². The second kappa shape index (κ2) is 20.9. The highest BCUT2D eigenvalue weighted by atomic mass is 33.1. The van der Waals surface area contributed by atoms with Crippen LogP contribution in [0.1, 0.15) is 54.4 Å². The fourth-order valence-corrected chi connectivity index (χ4v) is 10.9. The molecule has 2 aromatic rings. The summed E-state index contributed by atoms with van der Waals surface area (Å²) in [6.07, 6.45) is 1.15. The quantitative estimate of drug-likeness (QED) is 0.0742. The summed E-state index contributed by atoms with van der Waals surface area (Å²) < 4.78 is 37.1. The molecular formula is C22H44N10O8S2Si2. The van der Waals surface area contributed by atoms with E-state index < -0.39 is 29.7 Å². The molecule has 22 heteroatoms. The Morgan fingerprint density at radius 1 is 0.614 bits per heavy atom. The molecular weight excluding hydrogens is 653 g/mol. The number of nitrogens with zero attached hydrogens (tertiary/aromatic N) is 8. The molecule has 18 nitrogen and oxygen atoms in total. The van der Waals surface area contributed by atoms with Gasteiger partial charge in [0, 0.05) is 64.8 Å². The molecule has 0 bridgehead atoms. The van der Waals surface area contributed by atoms with E-state index in [0.29, 0.717) is 77.7 Å². The lowest BCUT2D eigenvalue weighted by atomic mass is 10.5. The van der Waals surface area contributed by atoms with E-state index in [1.165, 1.54) is 0 Å². The number of aromatic nitrogens is 8. The van der Waals surface area contributed by atoms with Gasteiger partial charge in [-0.3, -0.25) is 0 Å². The highest BCUT2D eigenvalue weighted by Crippen LogP contribution is 2.34. The first kappa shape index (κ1) is 38.2. The topological polar surface area (TPSA) is 201 Å². The molecule has 0 radical (unpaired) electrons. The Labute approximate surface area is 267 Å². The molecule has 0 unspecified atom stereocenters. The number of hydrogen-bond acceptors (Lipinski definition) is 16. The van der Waals surface area contributed by atoms with Crippen LogP contribution in [0.4, 0.5) is 9.59 Å². The van der Waals surface area contributed by atoms with Crippen molar-refractivity contribution in [2.45, 2.75) is 76.8 Å². The van der Waals surface area contributed by atoms with Gasteiger partial charge in [0.25, 0.3) is 0 Å². The lowest BCUT2D eigenvalue weighted by Gasteiger charge is -2.28. The fraction of sp³-hybridized carbons (Fsp3) is 0.818. The number of nitrogens with one attached hydrogen (secondary N) is 2. The van der Waals surface area contributed by atoms with Crippen LogP contribution in [0.15, 0.2) is 10.3 Å². The molecule has 2 heterocycles. The molecule has 0 aromatic carbocycles. The number of amides is 2. The van der Waals surface area contributed by atoms with Crippen LogP contribution in [0.25, 0.3) is 0 Å². The van der Waals surface area contributed by atoms with Crippen molar-refractivity contribution in [3.63, 3.8) is 0 Å². The first-order chi connectivity index (χ1) is 21.3. The highest BCUT2D eigenvalue weighted by Gasteiger charge is 2.40. The Morgan fingerprint density at radius 2 is 0.932 bits per heavy atom. The smallest absolute Gasteiger partial charge is 0.374 e. The minimum atomic E-state index is -2.81. The van der Waals surface area contributed by atoms with Crippen LogP contribution >= 0.6 is 21.6 Å². The van der Waals surface area contributed by atoms with Gasteiger partial charge in [-0.05, 0) is 96.8 Å². The Balaban J connectivity index is 1.88. The molecule has 0 saturated carbocycles. The average Bonchev–Trinajstić information content (AvgIpc) is 3.67. The Hall–Kier alpha value is -2.03. The normalized spacial score (nSPS) is 12.0. The maximum Gasteiger partial charge on any atom is 0.500 e. The Morgan fingerprint density at radius 3 is 1.23 bits per heavy atom. The van der Waals surface area contributed by atoms with Crippen molar-refractivity contribution in [2.24, 2.45) is 0 Å². The summed E-state index contributed by atoms with van der Waals surface area (Å²) in [4.78, 5) is 25.6. The van der Waals surface area contributed by atoms with Gasteiger partial charge >= 0.3 is 29.7 Å². The van der Waals surface area contributed by atoms with Gasteiger partial charge < -0.3 is 37.2 Å². The van der Waals surface area contributed by atoms with Crippen molar-refractivity contribution < 1.29 is 36.1 Å². The van der Waals surface area contributed by atoms with Crippen molar-refractivity contribution in [2.75, 3.05) is 52.7 Å². The minimum absolute atomic E-state index is 0.174. The fourth-order valence-electron chi connectivity index (χ4n) is 3.94. The van der Waals surface area contributed by atoms with E-state index >= 15 is 0 Å². The van der Waals surface area contributed by atoms with Crippen LogP contribution in [0, 0.1) is 0 Å². The predicted octanol–water partition coefficient (Wildman–Crippen LogP) is 2.45. The largest absolute Gasteiger partial charge is 0.500 e. The van der Waals surface area contributed by atoms with Crippen molar-refractivity contribution in [1.29, 1.82) is 0 Å². The average molecular weight is 697 g/mol. The third-order valence-corrected chi connectivity index (χ3v) is 13.9. The standard InChI is InChI=1S/C22H44N10O8S2Si2/c1-7-35-43(36-8-2,37-9-3)17-13-15-23-19(33)31-21(25-27-29-31)41-42-22-26-28-30-32(22)20(34)24-16-14-18-44(38-10-4,39-11-5)40-12-6/h7-18H2,1-6H3,(H,23,33)(H,24,34). The predicted molar refractivity (Wildman–Crippen MR) is 165 cm³/mol. The summed E-state index contributed by atoms with van der Waals surface area (Å²) in [6.45, 7) is 14.9. The van der Waals surface area contributed by atoms with Crippen molar-refractivity contribution in [3.05, 3.63) is 0 Å². The third-order valence-electron chi connectivity index (χ3n) is 5.51.